The molecule has 0 N–H and O–H groups in total. The molecule has 1 fully saturated rings. The van der Waals surface area contributed by atoms with Crippen LogP contribution in [0.25, 0.3) is 17.7 Å². The van der Waals surface area contributed by atoms with E-state index >= 15 is 0 Å². The molecule has 1 aliphatic heterocycles. The van der Waals surface area contributed by atoms with Gasteiger partial charge in [0.05, 0.1) is 5.57 Å². The fraction of sp³-hybridized carbons (Fsp3) is 0.167. The molecule has 4 aromatic rings. The van der Waals surface area contributed by atoms with E-state index < -0.39 is 0 Å². The number of allylic oxidation sites excluding steroid dienone is 1. The number of fused-ring (bicyclic) bond motifs is 3. The summed E-state index contributed by atoms with van der Waals surface area (Å²) < 4.78 is 0. The number of ketones is 1. The van der Waals surface area contributed by atoms with Crippen molar-refractivity contribution < 1.29 is 4.79 Å². The standard InChI is InChI=1S/C36H30N2O/c1-25(39)30(24-37)21-27-17-20-36-34(23-27)32-13-8-14-35(32)38(36)31-18-15-26(16-19-31)22-33(28-9-4-2-5-10-28)29-11-6-3-7-12-29/h2-7,9-12,15-23,32,35H,8,13-14H2,1H3. The predicted molar refractivity (Wildman–Crippen MR) is 160 cm³/mol. The van der Waals surface area contributed by atoms with Gasteiger partial charge in [-0.1, -0.05) is 85.3 Å². The Labute approximate surface area is 230 Å². The zero-order chi connectivity index (χ0) is 26.8. The summed E-state index contributed by atoms with van der Waals surface area (Å²) in [7, 11) is 0. The molecule has 1 saturated carbocycles. The van der Waals surface area contributed by atoms with Crippen molar-refractivity contribution in [1.82, 2.24) is 0 Å². The van der Waals surface area contributed by atoms with Crippen molar-refractivity contribution in [2.45, 2.75) is 38.1 Å². The van der Waals surface area contributed by atoms with Crippen molar-refractivity contribution in [2.75, 3.05) is 4.90 Å². The van der Waals surface area contributed by atoms with Crippen molar-refractivity contribution >= 4 is 34.9 Å². The minimum absolute atomic E-state index is 0.196. The van der Waals surface area contributed by atoms with Crippen molar-refractivity contribution in [3.63, 3.8) is 0 Å². The van der Waals surface area contributed by atoms with E-state index in [1.165, 1.54) is 47.0 Å². The molecule has 3 nitrogen and oxygen atoms in total. The molecule has 0 radical (unpaired) electrons. The molecule has 4 aromatic carbocycles. The molecule has 0 bridgehead atoms. The SMILES string of the molecule is CC(=O)C(C#N)=Cc1ccc2c(c1)C1CCCC1N2c1ccc(C=C(c2ccccc2)c2ccccc2)cc1. The second kappa shape index (κ2) is 10.6. The van der Waals surface area contributed by atoms with Crippen LogP contribution in [0.3, 0.4) is 0 Å². The third-order valence-electron chi connectivity index (χ3n) is 7.98. The Kier molecular flexibility index (Phi) is 6.69. The molecule has 0 spiro atoms. The van der Waals surface area contributed by atoms with Gasteiger partial charge in [0.2, 0.25) is 0 Å². The molecule has 2 aliphatic rings. The molecule has 0 amide bonds. The highest BCUT2D eigenvalue weighted by atomic mass is 16.1. The quantitative estimate of drug-likeness (QED) is 0.149. The average molecular weight is 507 g/mol. The van der Waals surface area contributed by atoms with Gasteiger partial charge in [0.25, 0.3) is 0 Å². The molecular weight excluding hydrogens is 476 g/mol. The molecular formula is C36H30N2O. The Morgan fingerprint density at radius 3 is 2.08 bits per heavy atom. The number of Topliss-reactive ketones (excluding diaryl/α,β-unsaturated/α-hetero) is 1. The highest BCUT2D eigenvalue weighted by Gasteiger charge is 2.42. The van der Waals surface area contributed by atoms with Gasteiger partial charge < -0.3 is 4.90 Å². The Morgan fingerprint density at radius 2 is 1.46 bits per heavy atom. The number of benzene rings is 4. The van der Waals surface area contributed by atoms with E-state index in [4.69, 9.17) is 0 Å². The van der Waals surface area contributed by atoms with Crippen LogP contribution in [0.1, 0.15) is 59.9 Å². The molecule has 0 aromatic heterocycles. The van der Waals surface area contributed by atoms with E-state index in [2.05, 4.69) is 108 Å². The van der Waals surface area contributed by atoms with Crippen LogP contribution in [0.15, 0.2) is 109 Å². The number of nitrogens with zero attached hydrogens (tertiary/aromatic N) is 2. The van der Waals surface area contributed by atoms with Crippen LogP contribution in [0.4, 0.5) is 11.4 Å². The summed E-state index contributed by atoms with van der Waals surface area (Å²) in [6.45, 7) is 1.44. The molecule has 39 heavy (non-hydrogen) atoms. The van der Waals surface area contributed by atoms with Gasteiger partial charge >= 0.3 is 0 Å². The van der Waals surface area contributed by atoms with E-state index in [0.29, 0.717) is 12.0 Å². The maximum absolute atomic E-state index is 11.8. The summed E-state index contributed by atoms with van der Waals surface area (Å²) in [5.74, 6) is 0.272. The lowest BCUT2D eigenvalue weighted by Gasteiger charge is -2.27. The first kappa shape index (κ1) is 24.6. The number of rotatable bonds is 6. The third kappa shape index (κ3) is 4.82. The van der Waals surface area contributed by atoms with E-state index in [1.807, 2.05) is 12.1 Å². The van der Waals surface area contributed by atoms with Crippen LogP contribution in [-0.4, -0.2) is 11.8 Å². The normalized spacial score (nSPS) is 17.7. The van der Waals surface area contributed by atoms with Gasteiger partial charge in [-0.25, -0.2) is 0 Å². The van der Waals surface area contributed by atoms with Crippen molar-refractivity contribution in [3.8, 4) is 6.07 Å². The van der Waals surface area contributed by atoms with Gasteiger partial charge in [0.15, 0.2) is 5.78 Å². The van der Waals surface area contributed by atoms with Crippen molar-refractivity contribution in [1.29, 1.82) is 5.26 Å². The zero-order valence-corrected chi connectivity index (χ0v) is 22.0. The highest BCUT2D eigenvalue weighted by molar-refractivity contribution is 6.01. The smallest absolute Gasteiger partial charge is 0.170 e. The zero-order valence-electron chi connectivity index (χ0n) is 22.0. The van der Waals surface area contributed by atoms with Gasteiger partial charge in [-0.05, 0) is 89.6 Å². The molecule has 6 rings (SSSR count). The molecule has 1 aliphatic carbocycles. The number of nitriles is 1. The minimum Gasteiger partial charge on any atom is -0.338 e. The Morgan fingerprint density at radius 1 is 0.821 bits per heavy atom. The molecule has 2 unspecified atom stereocenters. The lowest BCUT2D eigenvalue weighted by molar-refractivity contribution is -0.113. The first-order chi connectivity index (χ1) is 19.1. The van der Waals surface area contributed by atoms with E-state index in [0.717, 1.165) is 24.0 Å². The van der Waals surface area contributed by atoms with Gasteiger partial charge in [0.1, 0.15) is 6.07 Å². The van der Waals surface area contributed by atoms with Crippen molar-refractivity contribution in [3.05, 3.63) is 137 Å². The summed E-state index contributed by atoms with van der Waals surface area (Å²) >= 11 is 0. The average Bonchev–Trinajstić information content (AvgIpc) is 3.57. The Hall–Kier alpha value is -4.68. The topological polar surface area (TPSA) is 44.1 Å². The largest absolute Gasteiger partial charge is 0.338 e. The summed E-state index contributed by atoms with van der Waals surface area (Å²) in [5, 5.41) is 9.35. The fourth-order valence-electron chi connectivity index (χ4n) is 6.15. The summed E-state index contributed by atoms with van der Waals surface area (Å²) in [5.41, 5.74) is 9.64. The first-order valence-electron chi connectivity index (χ1n) is 13.6. The molecule has 1 heterocycles. The Balaban J connectivity index is 1.35. The van der Waals surface area contributed by atoms with Crippen LogP contribution in [0.5, 0.6) is 0 Å². The van der Waals surface area contributed by atoms with Gasteiger partial charge in [-0.3, -0.25) is 4.79 Å². The fourth-order valence-corrected chi connectivity index (χ4v) is 6.15. The summed E-state index contributed by atoms with van der Waals surface area (Å²) in [6, 6.07) is 38.8. The van der Waals surface area contributed by atoms with Gasteiger partial charge in [-0.2, -0.15) is 5.26 Å². The van der Waals surface area contributed by atoms with E-state index in [9.17, 15) is 10.1 Å². The lowest BCUT2D eigenvalue weighted by atomic mass is 9.95. The molecule has 190 valence electrons. The maximum atomic E-state index is 11.8. The van der Waals surface area contributed by atoms with Crippen LogP contribution in [-0.2, 0) is 4.79 Å². The van der Waals surface area contributed by atoms with Crippen LogP contribution < -0.4 is 4.90 Å². The predicted octanol–water partition coefficient (Wildman–Crippen LogP) is 8.56. The summed E-state index contributed by atoms with van der Waals surface area (Å²) in [6.07, 6.45) is 7.52. The van der Waals surface area contributed by atoms with Crippen LogP contribution in [0, 0.1) is 11.3 Å². The minimum atomic E-state index is -0.199. The van der Waals surface area contributed by atoms with Crippen LogP contribution in [0.2, 0.25) is 0 Å². The van der Waals surface area contributed by atoms with E-state index in [-0.39, 0.29) is 11.4 Å². The lowest BCUT2D eigenvalue weighted by Crippen LogP contribution is -2.26. The molecule has 2 atom stereocenters. The molecule has 0 saturated heterocycles. The molecule has 3 heteroatoms. The first-order valence-corrected chi connectivity index (χ1v) is 13.6. The maximum Gasteiger partial charge on any atom is 0.170 e. The van der Waals surface area contributed by atoms with Gasteiger partial charge in [0, 0.05) is 23.3 Å². The summed E-state index contributed by atoms with van der Waals surface area (Å²) in [4.78, 5) is 14.3. The number of anilines is 2. The van der Waals surface area contributed by atoms with Crippen LogP contribution >= 0.6 is 0 Å². The highest BCUT2D eigenvalue weighted by Crippen LogP contribution is 2.52. The number of carbonyl (C=O) groups excluding carboxylic acids is 1. The Bertz CT molecular complexity index is 1570. The van der Waals surface area contributed by atoms with Gasteiger partial charge in [-0.15, -0.1) is 0 Å². The monoisotopic (exact) mass is 506 g/mol. The third-order valence-corrected chi connectivity index (χ3v) is 7.98. The second-order valence-electron chi connectivity index (χ2n) is 10.4. The number of hydrogen-bond donors (Lipinski definition) is 0. The number of hydrogen-bond acceptors (Lipinski definition) is 3. The second-order valence-corrected chi connectivity index (χ2v) is 10.4. The number of carbonyl (C=O) groups is 1. The van der Waals surface area contributed by atoms with Crippen molar-refractivity contribution in [2.24, 2.45) is 0 Å². The van der Waals surface area contributed by atoms with E-state index in [1.54, 1.807) is 6.08 Å².